The van der Waals surface area contributed by atoms with Crippen molar-refractivity contribution < 1.29 is 23.5 Å². The minimum atomic E-state index is -0.449. The minimum absolute atomic E-state index is 0.0991. The van der Waals surface area contributed by atoms with Crippen molar-refractivity contribution in [2.24, 2.45) is 0 Å². The van der Waals surface area contributed by atoms with Gasteiger partial charge >= 0.3 is 0 Å². The van der Waals surface area contributed by atoms with Crippen molar-refractivity contribution in [3.63, 3.8) is 0 Å². The molecule has 0 aliphatic carbocycles. The Bertz CT molecular complexity index is 947. The number of hydrogen-bond acceptors (Lipinski definition) is 5. The predicted octanol–water partition coefficient (Wildman–Crippen LogP) is 4.68. The van der Waals surface area contributed by atoms with Gasteiger partial charge < -0.3 is 9.47 Å². The second-order valence-electron chi connectivity index (χ2n) is 5.60. The third kappa shape index (κ3) is 4.11. The maximum absolute atomic E-state index is 13.8. The van der Waals surface area contributed by atoms with Crippen LogP contribution in [0.1, 0.15) is 11.1 Å². The van der Waals surface area contributed by atoms with Gasteiger partial charge in [-0.3, -0.25) is 14.5 Å². The van der Waals surface area contributed by atoms with Gasteiger partial charge in [0, 0.05) is 5.56 Å². The molecule has 2 aromatic carbocycles. The fourth-order valence-electron chi connectivity index (χ4n) is 2.61. The SMILES string of the molecule is COc1cc(/C=C2/SC(=O)N(Cc3ccccc3F)C2=O)cc(I)c1OC. The van der Waals surface area contributed by atoms with E-state index in [2.05, 4.69) is 22.6 Å². The molecule has 1 aliphatic heterocycles. The molecule has 27 heavy (non-hydrogen) atoms. The number of methoxy groups -OCH3 is 2. The zero-order chi connectivity index (χ0) is 19.6. The van der Waals surface area contributed by atoms with Crippen LogP contribution in [0.3, 0.4) is 0 Å². The topological polar surface area (TPSA) is 55.8 Å². The second-order valence-corrected chi connectivity index (χ2v) is 7.75. The molecule has 0 saturated carbocycles. The molecule has 2 amide bonds. The summed E-state index contributed by atoms with van der Waals surface area (Å²) < 4.78 is 25.3. The molecule has 0 unspecified atom stereocenters. The van der Waals surface area contributed by atoms with Crippen molar-refractivity contribution in [1.29, 1.82) is 0 Å². The number of halogens is 2. The van der Waals surface area contributed by atoms with Crippen LogP contribution in [0, 0.1) is 9.39 Å². The molecule has 140 valence electrons. The molecule has 1 saturated heterocycles. The van der Waals surface area contributed by atoms with Gasteiger partial charge in [0.05, 0.1) is 29.2 Å². The summed E-state index contributed by atoms with van der Waals surface area (Å²) in [4.78, 5) is 26.2. The first-order chi connectivity index (χ1) is 12.9. The zero-order valence-corrected chi connectivity index (χ0v) is 17.5. The van der Waals surface area contributed by atoms with Crippen LogP contribution in [0.15, 0.2) is 41.3 Å². The smallest absolute Gasteiger partial charge is 0.293 e. The molecule has 5 nitrogen and oxygen atoms in total. The fraction of sp³-hybridized carbons (Fsp3) is 0.158. The summed E-state index contributed by atoms with van der Waals surface area (Å²) >= 11 is 2.94. The van der Waals surface area contributed by atoms with Crippen LogP contribution >= 0.6 is 34.4 Å². The molecule has 0 aromatic heterocycles. The minimum Gasteiger partial charge on any atom is -0.493 e. The van der Waals surface area contributed by atoms with Gasteiger partial charge in [-0.2, -0.15) is 0 Å². The van der Waals surface area contributed by atoms with E-state index in [0.29, 0.717) is 22.6 Å². The van der Waals surface area contributed by atoms with E-state index in [0.717, 1.165) is 20.2 Å². The number of carbonyl (C=O) groups is 2. The third-order valence-corrected chi connectivity index (χ3v) is 5.62. The van der Waals surface area contributed by atoms with Crippen molar-refractivity contribution in [2.45, 2.75) is 6.54 Å². The Morgan fingerprint density at radius 1 is 1.19 bits per heavy atom. The summed E-state index contributed by atoms with van der Waals surface area (Å²) in [5.74, 6) is 0.233. The highest BCUT2D eigenvalue weighted by atomic mass is 127. The summed E-state index contributed by atoms with van der Waals surface area (Å²) in [6.45, 7) is -0.0991. The monoisotopic (exact) mass is 499 g/mol. The first-order valence-electron chi connectivity index (χ1n) is 7.85. The van der Waals surface area contributed by atoms with Crippen LogP contribution in [-0.2, 0) is 11.3 Å². The van der Waals surface area contributed by atoms with Crippen LogP contribution in [0.4, 0.5) is 9.18 Å². The largest absolute Gasteiger partial charge is 0.493 e. The van der Waals surface area contributed by atoms with Crippen molar-refractivity contribution >= 4 is 51.6 Å². The Hall–Kier alpha value is -2.07. The molecule has 0 atom stereocenters. The lowest BCUT2D eigenvalue weighted by Gasteiger charge is -2.13. The van der Waals surface area contributed by atoms with E-state index >= 15 is 0 Å². The standard InChI is InChI=1S/C19H15FINO4S/c1-25-15-8-11(7-14(21)17(15)26-2)9-16-18(23)22(19(24)27-16)10-12-5-3-4-6-13(12)20/h3-9H,10H2,1-2H3/b16-9+. The van der Waals surface area contributed by atoms with E-state index in [1.807, 2.05) is 6.07 Å². The van der Waals surface area contributed by atoms with Gasteiger partial charge in [-0.05, 0) is 64.2 Å². The van der Waals surface area contributed by atoms with Gasteiger partial charge in [-0.25, -0.2) is 4.39 Å². The van der Waals surface area contributed by atoms with Crippen LogP contribution in [0.25, 0.3) is 6.08 Å². The lowest BCUT2D eigenvalue weighted by atomic mass is 10.1. The molecule has 1 aliphatic rings. The first-order valence-corrected chi connectivity index (χ1v) is 9.74. The quantitative estimate of drug-likeness (QED) is 0.442. The Kier molecular flexibility index (Phi) is 6.05. The van der Waals surface area contributed by atoms with E-state index in [1.54, 1.807) is 37.5 Å². The van der Waals surface area contributed by atoms with Gasteiger partial charge in [0.1, 0.15) is 5.82 Å². The van der Waals surface area contributed by atoms with Crippen LogP contribution in [-0.4, -0.2) is 30.3 Å². The number of imide groups is 1. The maximum Gasteiger partial charge on any atom is 0.293 e. The van der Waals surface area contributed by atoms with Crippen LogP contribution < -0.4 is 9.47 Å². The van der Waals surface area contributed by atoms with Crippen molar-refractivity contribution in [2.75, 3.05) is 14.2 Å². The van der Waals surface area contributed by atoms with Crippen molar-refractivity contribution in [3.8, 4) is 11.5 Å². The number of hydrogen-bond donors (Lipinski definition) is 0. The lowest BCUT2D eigenvalue weighted by molar-refractivity contribution is -0.123. The molecule has 0 N–H and O–H groups in total. The van der Waals surface area contributed by atoms with Gasteiger partial charge in [0.15, 0.2) is 11.5 Å². The van der Waals surface area contributed by atoms with Gasteiger partial charge in [-0.1, -0.05) is 18.2 Å². The highest BCUT2D eigenvalue weighted by Crippen LogP contribution is 2.37. The number of ether oxygens (including phenoxy) is 2. The van der Waals surface area contributed by atoms with Crippen molar-refractivity contribution in [3.05, 3.63) is 61.8 Å². The summed E-state index contributed by atoms with van der Waals surface area (Å²) in [5.41, 5.74) is 0.996. The predicted molar refractivity (Wildman–Crippen MR) is 110 cm³/mol. The molecule has 0 spiro atoms. The molecular formula is C19H15FINO4S. The van der Waals surface area contributed by atoms with Crippen LogP contribution in [0.2, 0.25) is 0 Å². The Balaban J connectivity index is 1.88. The molecular weight excluding hydrogens is 484 g/mol. The number of thioether (sulfide) groups is 1. The summed E-state index contributed by atoms with van der Waals surface area (Å²) in [6, 6.07) is 9.64. The highest BCUT2D eigenvalue weighted by molar-refractivity contribution is 14.1. The summed E-state index contributed by atoms with van der Waals surface area (Å²) in [5, 5.41) is -0.426. The Morgan fingerprint density at radius 2 is 1.93 bits per heavy atom. The fourth-order valence-corrected chi connectivity index (χ4v) is 4.29. The molecule has 0 bridgehead atoms. The number of benzene rings is 2. The Morgan fingerprint density at radius 3 is 2.59 bits per heavy atom. The van der Waals surface area contributed by atoms with E-state index in [9.17, 15) is 14.0 Å². The average molecular weight is 499 g/mol. The number of carbonyl (C=O) groups excluding carboxylic acids is 2. The number of nitrogens with zero attached hydrogens (tertiary/aromatic N) is 1. The van der Waals surface area contributed by atoms with Crippen molar-refractivity contribution in [1.82, 2.24) is 4.90 Å². The first kappa shape index (κ1) is 19.7. The average Bonchev–Trinajstić information content (AvgIpc) is 2.90. The lowest BCUT2D eigenvalue weighted by Crippen LogP contribution is -2.27. The highest BCUT2D eigenvalue weighted by Gasteiger charge is 2.35. The molecule has 0 radical (unpaired) electrons. The Labute approximate surface area is 173 Å². The second kappa shape index (κ2) is 8.30. The van der Waals surface area contributed by atoms with E-state index in [1.165, 1.54) is 13.2 Å². The molecule has 8 heteroatoms. The molecule has 1 fully saturated rings. The number of amides is 2. The van der Waals surface area contributed by atoms with Crippen LogP contribution in [0.5, 0.6) is 11.5 Å². The number of rotatable bonds is 5. The van der Waals surface area contributed by atoms with E-state index in [4.69, 9.17) is 9.47 Å². The maximum atomic E-state index is 13.8. The van der Waals surface area contributed by atoms with E-state index < -0.39 is 17.0 Å². The molecule has 2 aromatic rings. The third-order valence-electron chi connectivity index (χ3n) is 3.91. The van der Waals surface area contributed by atoms with Gasteiger partial charge in [-0.15, -0.1) is 0 Å². The van der Waals surface area contributed by atoms with Gasteiger partial charge in [0.25, 0.3) is 11.1 Å². The summed E-state index contributed by atoms with van der Waals surface area (Å²) in [7, 11) is 3.08. The zero-order valence-electron chi connectivity index (χ0n) is 14.5. The van der Waals surface area contributed by atoms with Gasteiger partial charge in [0.2, 0.25) is 0 Å². The summed E-state index contributed by atoms with van der Waals surface area (Å²) in [6.07, 6.45) is 1.62. The molecule has 1 heterocycles. The normalized spacial score (nSPS) is 15.6. The van der Waals surface area contributed by atoms with E-state index in [-0.39, 0.29) is 11.4 Å². The molecule has 3 rings (SSSR count).